The van der Waals surface area contributed by atoms with Gasteiger partial charge in [-0.15, -0.1) is 0 Å². The van der Waals surface area contributed by atoms with E-state index in [0.29, 0.717) is 5.03 Å². The lowest BCUT2D eigenvalue weighted by Crippen LogP contribution is -2.37. The summed E-state index contributed by atoms with van der Waals surface area (Å²) < 4.78 is 1.35. The van der Waals surface area contributed by atoms with Gasteiger partial charge in [0.1, 0.15) is 0 Å². The Hall–Kier alpha value is -2.47. The molecule has 0 saturated heterocycles. The Labute approximate surface area is 124 Å². The normalized spacial score (nSPS) is 10.9. The summed E-state index contributed by atoms with van der Waals surface area (Å²) in [5.41, 5.74) is -1.49. The van der Waals surface area contributed by atoms with Crippen LogP contribution in [0, 0.1) is 0 Å². The van der Waals surface area contributed by atoms with Crippen molar-refractivity contribution in [1.82, 2.24) is 9.30 Å². The van der Waals surface area contributed by atoms with E-state index >= 15 is 0 Å². The average Bonchev–Trinajstić information content (AvgIpc) is 2.51. The van der Waals surface area contributed by atoms with E-state index in [0.717, 1.165) is 15.7 Å². The Morgan fingerprint density at radius 3 is 2.57 bits per heavy atom. The predicted molar refractivity (Wildman–Crippen MR) is 81.2 cm³/mol. The molecule has 0 atom stereocenters. The van der Waals surface area contributed by atoms with Crippen LogP contribution < -0.4 is 11.2 Å². The molecule has 0 aliphatic carbocycles. The summed E-state index contributed by atoms with van der Waals surface area (Å²) in [4.78, 5) is 24.2. The van der Waals surface area contributed by atoms with Crippen molar-refractivity contribution in [2.75, 3.05) is 0 Å². The fourth-order valence-electron chi connectivity index (χ4n) is 2.09. The van der Waals surface area contributed by atoms with E-state index in [1.807, 2.05) is 42.5 Å². The smallest absolute Gasteiger partial charge is 0.365 e. The van der Waals surface area contributed by atoms with Crippen molar-refractivity contribution in [1.29, 1.82) is 0 Å². The van der Waals surface area contributed by atoms with Crippen LogP contribution in [0.4, 0.5) is 0 Å². The van der Waals surface area contributed by atoms with E-state index in [4.69, 9.17) is 0 Å². The van der Waals surface area contributed by atoms with Gasteiger partial charge in [-0.1, -0.05) is 52.9 Å². The Balaban J connectivity index is 2.16. The van der Waals surface area contributed by atoms with Crippen LogP contribution in [0.3, 0.4) is 0 Å². The van der Waals surface area contributed by atoms with Gasteiger partial charge in [-0.05, 0) is 16.8 Å². The molecule has 0 saturated carbocycles. The fraction of sp³-hybridized carbons (Fsp3) is 0.0667. The number of hydrogen-bond acceptors (Lipinski definition) is 4. The van der Waals surface area contributed by atoms with Crippen molar-refractivity contribution in [2.45, 2.75) is 9.92 Å². The molecule has 0 bridgehead atoms. The van der Waals surface area contributed by atoms with Gasteiger partial charge in [-0.2, -0.15) is 0 Å². The lowest BCUT2D eigenvalue weighted by molar-refractivity contribution is 0.153. The molecule has 1 aromatic heterocycles. The second-order valence-electron chi connectivity index (χ2n) is 4.55. The molecule has 0 radical (unpaired) electrons. The maximum absolute atomic E-state index is 11.7. The molecule has 0 amide bonds. The zero-order chi connectivity index (χ0) is 15.0. The maximum atomic E-state index is 11.7. The molecule has 21 heavy (non-hydrogen) atoms. The minimum atomic E-state index is -0.759. The lowest BCUT2D eigenvalue weighted by Gasteiger charge is -2.10. The number of hydrogen-bond donors (Lipinski definition) is 1. The third kappa shape index (κ3) is 2.34. The number of benzene rings is 2. The topological polar surface area (TPSA) is 64.2 Å². The summed E-state index contributed by atoms with van der Waals surface area (Å²) in [7, 11) is 1.52. The molecule has 1 N–H and O–H groups in total. The Kier molecular flexibility index (Phi) is 3.31. The molecular formula is C15H12N2O3S. The molecule has 0 fully saturated rings. The van der Waals surface area contributed by atoms with Crippen molar-refractivity contribution in [3.8, 4) is 0 Å². The summed E-state index contributed by atoms with van der Waals surface area (Å²) in [6.45, 7) is 0. The van der Waals surface area contributed by atoms with Gasteiger partial charge < -0.3 is 5.21 Å². The molecule has 1 heterocycles. The minimum Gasteiger partial charge on any atom is -0.421 e. The van der Waals surface area contributed by atoms with E-state index in [-0.39, 0.29) is 4.73 Å². The van der Waals surface area contributed by atoms with Gasteiger partial charge in [0.05, 0.1) is 5.03 Å². The Morgan fingerprint density at radius 2 is 1.76 bits per heavy atom. The van der Waals surface area contributed by atoms with Gasteiger partial charge in [0.2, 0.25) is 0 Å². The van der Waals surface area contributed by atoms with Crippen molar-refractivity contribution < 1.29 is 5.21 Å². The molecule has 3 aromatic rings. The highest BCUT2D eigenvalue weighted by molar-refractivity contribution is 7.99. The van der Waals surface area contributed by atoms with Gasteiger partial charge >= 0.3 is 5.69 Å². The van der Waals surface area contributed by atoms with Crippen LogP contribution in [-0.2, 0) is 7.05 Å². The molecule has 3 rings (SSSR count). The van der Waals surface area contributed by atoms with Gasteiger partial charge in [-0.3, -0.25) is 9.36 Å². The summed E-state index contributed by atoms with van der Waals surface area (Å²) in [5.74, 6) is 0. The molecule has 2 aromatic carbocycles. The molecular weight excluding hydrogens is 288 g/mol. The third-order valence-corrected chi connectivity index (χ3v) is 4.40. The monoisotopic (exact) mass is 300 g/mol. The van der Waals surface area contributed by atoms with Crippen molar-refractivity contribution in [2.24, 2.45) is 7.05 Å². The second kappa shape index (κ2) is 5.14. The van der Waals surface area contributed by atoms with Crippen molar-refractivity contribution in [3.05, 3.63) is 69.4 Å². The van der Waals surface area contributed by atoms with Gasteiger partial charge in [0.15, 0.2) is 0 Å². The second-order valence-corrected chi connectivity index (χ2v) is 5.62. The van der Waals surface area contributed by atoms with Gasteiger partial charge in [0, 0.05) is 18.0 Å². The van der Waals surface area contributed by atoms with Crippen LogP contribution in [0.25, 0.3) is 10.8 Å². The van der Waals surface area contributed by atoms with Gasteiger partial charge in [0.25, 0.3) is 5.56 Å². The Morgan fingerprint density at radius 1 is 1.05 bits per heavy atom. The number of fused-ring (bicyclic) bond motifs is 1. The third-order valence-electron chi connectivity index (χ3n) is 3.22. The molecule has 6 heteroatoms. The van der Waals surface area contributed by atoms with Crippen LogP contribution in [-0.4, -0.2) is 14.5 Å². The average molecular weight is 300 g/mol. The zero-order valence-corrected chi connectivity index (χ0v) is 12.0. The van der Waals surface area contributed by atoms with E-state index in [2.05, 4.69) is 0 Å². The summed E-state index contributed by atoms with van der Waals surface area (Å²) in [5, 5.41) is 11.9. The van der Waals surface area contributed by atoms with Crippen molar-refractivity contribution in [3.63, 3.8) is 0 Å². The molecule has 0 unspecified atom stereocenters. The van der Waals surface area contributed by atoms with Crippen LogP contribution in [0.5, 0.6) is 0 Å². The van der Waals surface area contributed by atoms with E-state index in [1.165, 1.54) is 29.4 Å². The lowest BCUT2D eigenvalue weighted by atomic mass is 10.1. The quantitative estimate of drug-likeness (QED) is 0.581. The van der Waals surface area contributed by atoms with E-state index < -0.39 is 11.2 Å². The summed E-state index contributed by atoms with van der Waals surface area (Å²) in [6.07, 6.45) is 0. The first-order valence-electron chi connectivity index (χ1n) is 6.26. The van der Waals surface area contributed by atoms with Crippen LogP contribution >= 0.6 is 11.8 Å². The van der Waals surface area contributed by atoms with E-state index in [9.17, 15) is 14.8 Å². The fourth-order valence-corrected chi connectivity index (χ4v) is 3.13. The van der Waals surface area contributed by atoms with E-state index in [1.54, 1.807) is 0 Å². The molecule has 0 aliphatic rings. The number of rotatable bonds is 2. The molecule has 5 nitrogen and oxygen atoms in total. The molecule has 0 aliphatic heterocycles. The van der Waals surface area contributed by atoms with Crippen LogP contribution in [0.15, 0.2) is 68.0 Å². The van der Waals surface area contributed by atoms with Crippen molar-refractivity contribution >= 4 is 22.5 Å². The first-order valence-corrected chi connectivity index (χ1v) is 7.07. The highest BCUT2D eigenvalue weighted by Gasteiger charge is 2.10. The van der Waals surface area contributed by atoms with Gasteiger partial charge in [-0.25, -0.2) is 4.79 Å². The summed E-state index contributed by atoms with van der Waals surface area (Å²) in [6, 6.07) is 15.0. The molecule has 106 valence electrons. The Bertz CT molecular complexity index is 938. The maximum Gasteiger partial charge on any atom is 0.365 e. The minimum absolute atomic E-state index is 0.104. The standard InChI is InChI=1S/C15H12N2O3S/c1-16-14(9-13(18)17(20)15(16)19)21-12-8-4-6-10-5-2-3-7-11(10)12/h2-9,20H,1H3. The predicted octanol–water partition coefficient (Wildman–Crippen LogP) is 2.09. The summed E-state index contributed by atoms with van der Waals surface area (Å²) >= 11 is 1.32. The number of nitrogens with zero attached hydrogens (tertiary/aromatic N) is 2. The molecule has 0 spiro atoms. The largest absolute Gasteiger partial charge is 0.421 e. The zero-order valence-electron chi connectivity index (χ0n) is 11.2. The first-order chi connectivity index (χ1) is 10.1. The highest BCUT2D eigenvalue weighted by Crippen LogP contribution is 2.32. The highest BCUT2D eigenvalue weighted by atomic mass is 32.2. The SMILES string of the molecule is Cn1c(Sc2cccc3ccccc23)cc(=O)n(O)c1=O. The van der Waals surface area contributed by atoms with Crippen LogP contribution in [0.2, 0.25) is 0 Å². The van der Waals surface area contributed by atoms with Crippen LogP contribution in [0.1, 0.15) is 0 Å². The first kappa shape index (κ1) is 13.5. The number of aromatic nitrogens is 2.